The maximum Gasteiger partial charge on any atom is 0.0314 e. The third kappa shape index (κ3) is 2.53. The van der Waals surface area contributed by atoms with Gasteiger partial charge >= 0.3 is 0 Å². The molecule has 0 saturated carbocycles. The molecule has 1 aromatic rings. The Labute approximate surface area is 93.7 Å². The molecule has 0 aliphatic heterocycles. The van der Waals surface area contributed by atoms with Crippen LogP contribution in [0, 0.1) is 0 Å². The smallest absolute Gasteiger partial charge is 0.0314 e. The monoisotopic (exact) mass is 205 g/mol. The van der Waals surface area contributed by atoms with Crippen LogP contribution in [0.1, 0.15) is 52.0 Å². The summed E-state index contributed by atoms with van der Waals surface area (Å²) >= 11 is 0. The lowest BCUT2D eigenvalue weighted by molar-refractivity contribution is 0.361. The Morgan fingerprint density at radius 1 is 1.00 bits per heavy atom. The molecule has 0 amide bonds. The molecule has 0 saturated heterocycles. The molecule has 0 aromatic heterocycles. The van der Waals surface area contributed by atoms with Gasteiger partial charge in [0.2, 0.25) is 0 Å². The van der Waals surface area contributed by atoms with Crippen LogP contribution in [0.25, 0.3) is 0 Å². The lowest BCUT2D eigenvalue weighted by atomic mass is 9.73. The van der Waals surface area contributed by atoms with E-state index in [4.69, 9.17) is 5.73 Å². The van der Waals surface area contributed by atoms with E-state index in [2.05, 4.69) is 32.9 Å². The van der Waals surface area contributed by atoms with Crippen LogP contribution in [0.5, 0.6) is 0 Å². The molecule has 0 aliphatic carbocycles. The van der Waals surface area contributed by atoms with Gasteiger partial charge in [0.15, 0.2) is 0 Å². The summed E-state index contributed by atoms with van der Waals surface area (Å²) in [6.45, 7) is 6.84. The SMILES string of the molecule is CCCC(CC)(CC)c1ccc(N)cc1. The van der Waals surface area contributed by atoms with E-state index in [1.54, 1.807) is 0 Å². The normalized spacial score (nSPS) is 11.7. The van der Waals surface area contributed by atoms with E-state index in [1.165, 1.54) is 31.2 Å². The fourth-order valence-corrected chi connectivity index (χ4v) is 2.47. The van der Waals surface area contributed by atoms with Crippen molar-refractivity contribution >= 4 is 5.69 Å². The van der Waals surface area contributed by atoms with E-state index in [0.29, 0.717) is 5.41 Å². The van der Waals surface area contributed by atoms with Crippen molar-refractivity contribution in [1.29, 1.82) is 0 Å². The second-order valence-corrected chi connectivity index (χ2v) is 4.36. The molecule has 0 spiro atoms. The summed E-state index contributed by atoms with van der Waals surface area (Å²) in [7, 11) is 0. The molecule has 2 N–H and O–H groups in total. The highest BCUT2D eigenvalue weighted by atomic mass is 14.5. The molecule has 0 fully saturated rings. The van der Waals surface area contributed by atoms with Gasteiger partial charge in [-0.05, 0) is 42.4 Å². The van der Waals surface area contributed by atoms with Gasteiger partial charge in [-0.1, -0.05) is 39.3 Å². The number of hydrogen-bond donors (Lipinski definition) is 1. The van der Waals surface area contributed by atoms with Gasteiger partial charge in [0.25, 0.3) is 0 Å². The average molecular weight is 205 g/mol. The van der Waals surface area contributed by atoms with Gasteiger partial charge in [0.05, 0.1) is 0 Å². The number of rotatable bonds is 5. The highest BCUT2D eigenvalue weighted by Crippen LogP contribution is 2.36. The zero-order valence-corrected chi connectivity index (χ0v) is 10.2. The van der Waals surface area contributed by atoms with Gasteiger partial charge in [-0.2, -0.15) is 0 Å². The quantitative estimate of drug-likeness (QED) is 0.719. The van der Waals surface area contributed by atoms with Crippen LogP contribution in [-0.2, 0) is 5.41 Å². The fourth-order valence-electron chi connectivity index (χ4n) is 2.47. The minimum absolute atomic E-state index is 0.364. The molecular weight excluding hydrogens is 182 g/mol. The Balaban J connectivity index is 3.02. The summed E-state index contributed by atoms with van der Waals surface area (Å²) in [4.78, 5) is 0. The van der Waals surface area contributed by atoms with Crippen molar-refractivity contribution in [2.45, 2.75) is 51.9 Å². The number of nitrogens with two attached hydrogens (primary N) is 1. The van der Waals surface area contributed by atoms with Crippen molar-refractivity contribution in [3.05, 3.63) is 29.8 Å². The van der Waals surface area contributed by atoms with E-state index >= 15 is 0 Å². The van der Waals surface area contributed by atoms with Gasteiger partial charge in [-0.25, -0.2) is 0 Å². The lowest BCUT2D eigenvalue weighted by Gasteiger charge is -2.32. The zero-order chi connectivity index (χ0) is 11.3. The minimum Gasteiger partial charge on any atom is -0.399 e. The fraction of sp³-hybridized carbons (Fsp3) is 0.571. The molecule has 1 rings (SSSR count). The van der Waals surface area contributed by atoms with Crippen LogP contribution >= 0.6 is 0 Å². The standard InChI is InChI=1S/C14H23N/c1-4-11-14(5-2,6-3)12-7-9-13(15)10-8-12/h7-10H,4-6,11,15H2,1-3H3. The average Bonchev–Trinajstić information content (AvgIpc) is 2.27. The van der Waals surface area contributed by atoms with E-state index in [9.17, 15) is 0 Å². The summed E-state index contributed by atoms with van der Waals surface area (Å²) in [5.41, 5.74) is 8.40. The van der Waals surface area contributed by atoms with Crippen molar-refractivity contribution in [3.63, 3.8) is 0 Å². The largest absolute Gasteiger partial charge is 0.399 e. The first-order valence-electron chi connectivity index (χ1n) is 6.04. The van der Waals surface area contributed by atoms with E-state index in [1.807, 2.05) is 12.1 Å². The van der Waals surface area contributed by atoms with E-state index in [-0.39, 0.29) is 0 Å². The van der Waals surface area contributed by atoms with Crippen LogP contribution < -0.4 is 5.73 Å². The number of benzene rings is 1. The minimum atomic E-state index is 0.364. The Morgan fingerprint density at radius 2 is 1.53 bits per heavy atom. The molecule has 84 valence electrons. The first-order chi connectivity index (χ1) is 7.18. The first kappa shape index (κ1) is 12.1. The number of anilines is 1. The van der Waals surface area contributed by atoms with Crippen LogP contribution in [0.2, 0.25) is 0 Å². The molecule has 1 nitrogen and oxygen atoms in total. The molecule has 0 atom stereocenters. The van der Waals surface area contributed by atoms with Gasteiger partial charge in [-0.15, -0.1) is 0 Å². The highest BCUT2D eigenvalue weighted by molar-refractivity contribution is 5.41. The van der Waals surface area contributed by atoms with Crippen molar-refractivity contribution in [1.82, 2.24) is 0 Å². The maximum absolute atomic E-state index is 5.73. The maximum atomic E-state index is 5.73. The van der Waals surface area contributed by atoms with Crippen molar-refractivity contribution < 1.29 is 0 Å². The van der Waals surface area contributed by atoms with E-state index in [0.717, 1.165) is 5.69 Å². The van der Waals surface area contributed by atoms with Crippen molar-refractivity contribution in [2.24, 2.45) is 0 Å². The Morgan fingerprint density at radius 3 is 1.93 bits per heavy atom. The van der Waals surface area contributed by atoms with Crippen LogP contribution in [0.3, 0.4) is 0 Å². The molecule has 1 heteroatoms. The number of nitrogen functional groups attached to an aromatic ring is 1. The Bertz CT molecular complexity index is 283. The number of hydrogen-bond acceptors (Lipinski definition) is 1. The van der Waals surface area contributed by atoms with Gasteiger partial charge in [0.1, 0.15) is 0 Å². The second kappa shape index (κ2) is 5.20. The highest BCUT2D eigenvalue weighted by Gasteiger charge is 2.26. The third-order valence-corrected chi connectivity index (χ3v) is 3.61. The lowest BCUT2D eigenvalue weighted by Crippen LogP contribution is -2.24. The predicted molar refractivity (Wildman–Crippen MR) is 68.0 cm³/mol. The summed E-state index contributed by atoms with van der Waals surface area (Å²) in [6, 6.07) is 8.42. The summed E-state index contributed by atoms with van der Waals surface area (Å²) in [5.74, 6) is 0. The molecular formula is C14H23N. The molecule has 0 aliphatic rings. The summed E-state index contributed by atoms with van der Waals surface area (Å²) in [6.07, 6.45) is 4.93. The van der Waals surface area contributed by atoms with Crippen molar-refractivity contribution in [2.75, 3.05) is 5.73 Å². The molecule has 0 bridgehead atoms. The molecule has 0 radical (unpaired) electrons. The zero-order valence-electron chi connectivity index (χ0n) is 10.2. The Kier molecular flexibility index (Phi) is 4.19. The topological polar surface area (TPSA) is 26.0 Å². The summed E-state index contributed by atoms with van der Waals surface area (Å²) < 4.78 is 0. The van der Waals surface area contributed by atoms with Gasteiger partial charge in [0, 0.05) is 5.69 Å². The molecule has 0 heterocycles. The third-order valence-electron chi connectivity index (χ3n) is 3.61. The van der Waals surface area contributed by atoms with Gasteiger partial charge < -0.3 is 5.73 Å². The van der Waals surface area contributed by atoms with Gasteiger partial charge in [-0.3, -0.25) is 0 Å². The first-order valence-corrected chi connectivity index (χ1v) is 6.04. The van der Waals surface area contributed by atoms with E-state index < -0.39 is 0 Å². The van der Waals surface area contributed by atoms with Crippen molar-refractivity contribution in [3.8, 4) is 0 Å². The van der Waals surface area contributed by atoms with Crippen LogP contribution in [0.4, 0.5) is 5.69 Å². The Hall–Kier alpha value is -0.980. The molecule has 1 aromatic carbocycles. The van der Waals surface area contributed by atoms with Crippen LogP contribution in [-0.4, -0.2) is 0 Å². The summed E-state index contributed by atoms with van der Waals surface area (Å²) in [5, 5.41) is 0. The molecule has 0 unspecified atom stereocenters. The molecule has 15 heavy (non-hydrogen) atoms. The predicted octanol–water partition coefficient (Wildman–Crippen LogP) is 4.13. The van der Waals surface area contributed by atoms with Crippen LogP contribution in [0.15, 0.2) is 24.3 Å². The second-order valence-electron chi connectivity index (χ2n) is 4.36.